The van der Waals surface area contributed by atoms with Crippen molar-refractivity contribution in [1.29, 1.82) is 0 Å². The second-order valence-electron chi connectivity index (χ2n) is 4.61. The number of carbonyl (C=O) groups excluding carboxylic acids is 1. The third kappa shape index (κ3) is 4.37. The van der Waals surface area contributed by atoms with Crippen LogP contribution in [0.5, 0.6) is 5.75 Å². The number of hydrogen-bond acceptors (Lipinski definition) is 3. The van der Waals surface area contributed by atoms with Crippen LogP contribution >= 0.6 is 0 Å². The molecule has 4 heteroatoms. The third-order valence-electron chi connectivity index (χ3n) is 2.50. The van der Waals surface area contributed by atoms with Gasteiger partial charge in [-0.15, -0.1) is 0 Å². The van der Waals surface area contributed by atoms with Gasteiger partial charge in [0.2, 0.25) is 0 Å². The molecule has 0 heterocycles. The Morgan fingerprint density at radius 3 is 2.78 bits per heavy atom. The quantitative estimate of drug-likeness (QED) is 0.802. The molecule has 0 aliphatic heterocycles. The van der Waals surface area contributed by atoms with Gasteiger partial charge in [-0.3, -0.25) is 4.79 Å². The zero-order valence-electron chi connectivity index (χ0n) is 11.3. The first-order valence-corrected chi connectivity index (χ1v) is 6.25. The zero-order chi connectivity index (χ0) is 13.5. The van der Waals surface area contributed by atoms with Crippen LogP contribution in [0.2, 0.25) is 0 Å². The van der Waals surface area contributed by atoms with Crippen LogP contribution in [0.25, 0.3) is 0 Å². The number of rotatable bonds is 6. The van der Waals surface area contributed by atoms with Gasteiger partial charge < -0.3 is 15.8 Å². The molecule has 100 valence electrons. The maximum Gasteiger partial charge on any atom is 0.258 e. The first-order valence-electron chi connectivity index (χ1n) is 6.25. The van der Waals surface area contributed by atoms with Crippen LogP contribution in [0, 0.1) is 6.92 Å². The van der Waals surface area contributed by atoms with Crippen LogP contribution in [-0.4, -0.2) is 25.1 Å². The Morgan fingerprint density at radius 1 is 1.44 bits per heavy atom. The molecule has 1 aromatic carbocycles. The maximum atomic E-state index is 11.5. The smallest absolute Gasteiger partial charge is 0.258 e. The maximum absolute atomic E-state index is 11.5. The van der Waals surface area contributed by atoms with E-state index < -0.39 is 0 Å². The third-order valence-corrected chi connectivity index (χ3v) is 2.50. The normalized spacial score (nSPS) is 10.5. The first kappa shape index (κ1) is 14.5. The minimum atomic E-state index is -0.105. The molecule has 0 radical (unpaired) electrons. The van der Waals surface area contributed by atoms with Crippen molar-refractivity contribution < 1.29 is 9.53 Å². The van der Waals surface area contributed by atoms with E-state index in [1.54, 1.807) is 0 Å². The molecular formula is C14H22N2O2. The number of nitrogens with one attached hydrogen (secondary N) is 1. The highest BCUT2D eigenvalue weighted by atomic mass is 16.5. The lowest BCUT2D eigenvalue weighted by Gasteiger charge is -2.14. The van der Waals surface area contributed by atoms with Gasteiger partial charge in [-0.1, -0.05) is 18.2 Å². The van der Waals surface area contributed by atoms with Crippen molar-refractivity contribution in [2.45, 2.75) is 33.2 Å². The number of hydrogen-bond donors (Lipinski definition) is 2. The highest BCUT2D eigenvalue weighted by Crippen LogP contribution is 2.23. The minimum absolute atomic E-state index is 0.0423. The van der Waals surface area contributed by atoms with E-state index in [0.717, 1.165) is 23.3 Å². The van der Waals surface area contributed by atoms with Crippen LogP contribution < -0.4 is 15.8 Å². The molecule has 3 N–H and O–H groups in total. The molecule has 0 saturated heterocycles. The van der Waals surface area contributed by atoms with Crippen molar-refractivity contribution in [2.24, 2.45) is 5.73 Å². The highest BCUT2D eigenvalue weighted by molar-refractivity contribution is 5.77. The van der Waals surface area contributed by atoms with Gasteiger partial charge in [0, 0.05) is 6.04 Å². The molecule has 1 rings (SSSR count). The van der Waals surface area contributed by atoms with Gasteiger partial charge in [0.15, 0.2) is 6.61 Å². The first-order chi connectivity index (χ1) is 8.54. The molecule has 1 aromatic rings. The van der Waals surface area contributed by atoms with E-state index in [0.29, 0.717) is 6.54 Å². The van der Waals surface area contributed by atoms with Crippen LogP contribution in [0.15, 0.2) is 18.2 Å². The number of amides is 1. The fraction of sp³-hybridized carbons (Fsp3) is 0.500. The molecule has 1 amide bonds. The van der Waals surface area contributed by atoms with Gasteiger partial charge in [0.1, 0.15) is 5.75 Å². The van der Waals surface area contributed by atoms with Crippen molar-refractivity contribution in [3.63, 3.8) is 0 Å². The number of carbonyl (C=O) groups is 1. The number of nitrogens with two attached hydrogens (primary N) is 1. The SMILES string of the molecule is Cc1cccc(CCN)c1OCC(=O)NC(C)C. The van der Waals surface area contributed by atoms with E-state index in [2.05, 4.69) is 5.32 Å². The highest BCUT2D eigenvalue weighted by Gasteiger charge is 2.09. The summed E-state index contributed by atoms with van der Waals surface area (Å²) in [5.74, 6) is 0.675. The second kappa shape index (κ2) is 7.01. The molecule has 0 saturated carbocycles. The standard InChI is InChI=1S/C14H22N2O2/c1-10(2)16-13(17)9-18-14-11(3)5-4-6-12(14)7-8-15/h4-6,10H,7-9,15H2,1-3H3,(H,16,17). The van der Waals surface area contributed by atoms with Gasteiger partial charge in [-0.2, -0.15) is 0 Å². The monoisotopic (exact) mass is 250 g/mol. The lowest BCUT2D eigenvalue weighted by molar-refractivity contribution is -0.123. The Kier molecular flexibility index (Phi) is 5.65. The Bertz CT molecular complexity index is 403. The molecule has 0 spiro atoms. The van der Waals surface area contributed by atoms with Crippen molar-refractivity contribution in [3.8, 4) is 5.75 Å². The van der Waals surface area contributed by atoms with Gasteiger partial charge in [0.25, 0.3) is 5.91 Å². The summed E-state index contributed by atoms with van der Waals surface area (Å²) in [6.45, 7) is 6.42. The second-order valence-corrected chi connectivity index (χ2v) is 4.61. The number of benzene rings is 1. The van der Waals surface area contributed by atoms with Crippen molar-refractivity contribution in [3.05, 3.63) is 29.3 Å². The Labute approximate surface area is 109 Å². The number of aryl methyl sites for hydroxylation is 1. The van der Waals surface area contributed by atoms with Crippen LogP contribution in [0.3, 0.4) is 0 Å². The molecule has 0 fully saturated rings. The molecular weight excluding hydrogens is 228 g/mol. The average Bonchev–Trinajstić information content (AvgIpc) is 2.27. The Balaban J connectivity index is 2.68. The van der Waals surface area contributed by atoms with E-state index >= 15 is 0 Å². The van der Waals surface area contributed by atoms with Gasteiger partial charge >= 0.3 is 0 Å². The predicted molar refractivity (Wildman–Crippen MR) is 72.7 cm³/mol. The summed E-state index contributed by atoms with van der Waals surface area (Å²) in [7, 11) is 0. The molecule has 18 heavy (non-hydrogen) atoms. The Morgan fingerprint density at radius 2 is 2.17 bits per heavy atom. The Hall–Kier alpha value is -1.55. The van der Waals surface area contributed by atoms with Crippen molar-refractivity contribution >= 4 is 5.91 Å². The van der Waals surface area contributed by atoms with Crippen LogP contribution in [0.4, 0.5) is 0 Å². The van der Waals surface area contributed by atoms with E-state index in [1.165, 1.54) is 0 Å². The summed E-state index contributed by atoms with van der Waals surface area (Å²) in [6, 6.07) is 6.05. The summed E-state index contributed by atoms with van der Waals surface area (Å²) in [5.41, 5.74) is 7.64. The largest absolute Gasteiger partial charge is 0.483 e. The van der Waals surface area contributed by atoms with Gasteiger partial charge in [-0.05, 0) is 44.9 Å². The summed E-state index contributed by atoms with van der Waals surface area (Å²) >= 11 is 0. The lowest BCUT2D eigenvalue weighted by atomic mass is 10.1. The van der Waals surface area contributed by atoms with Gasteiger partial charge in [-0.25, -0.2) is 0 Å². The van der Waals surface area contributed by atoms with E-state index in [4.69, 9.17) is 10.5 Å². The topological polar surface area (TPSA) is 64.3 Å². The number of para-hydroxylation sites is 1. The van der Waals surface area contributed by atoms with Crippen molar-refractivity contribution in [2.75, 3.05) is 13.2 Å². The fourth-order valence-corrected chi connectivity index (χ4v) is 1.77. The summed E-state index contributed by atoms with van der Waals surface area (Å²) < 4.78 is 5.62. The zero-order valence-corrected chi connectivity index (χ0v) is 11.3. The predicted octanol–water partition coefficient (Wildman–Crippen LogP) is 1.40. The van der Waals surface area contributed by atoms with Crippen LogP contribution in [-0.2, 0) is 11.2 Å². The molecule has 0 aromatic heterocycles. The van der Waals surface area contributed by atoms with E-state index in [-0.39, 0.29) is 18.6 Å². The molecule has 0 aliphatic carbocycles. The van der Waals surface area contributed by atoms with Gasteiger partial charge in [0.05, 0.1) is 0 Å². The molecule has 4 nitrogen and oxygen atoms in total. The average molecular weight is 250 g/mol. The molecule has 0 unspecified atom stereocenters. The molecule has 0 atom stereocenters. The summed E-state index contributed by atoms with van der Waals surface area (Å²) in [6.07, 6.45) is 0.753. The van der Waals surface area contributed by atoms with E-state index in [1.807, 2.05) is 39.0 Å². The number of ether oxygens (including phenoxy) is 1. The molecule has 0 aliphatic rings. The van der Waals surface area contributed by atoms with Crippen LogP contribution in [0.1, 0.15) is 25.0 Å². The van der Waals surface area contributed by atoms with E-state index in [9.17, 15) is 4.79 Å². The van der Waals surface area contributed by atoms with Crippen molar-refractivity contribution in [1.82, 2.24) is 5.32 Å². The molecule has 0 bridgehead atoms. The minimum Gasteiger partial charge on any atom is -0.483 e. The summed E-state index contributed by atoms with van der Waals surface area (Å²) in [5, 5.41) is 2.80. The summed E-state index contributed by atoms with van der Waals surface area (Å²) in [4.78, 5) is 11.5. The fourth-order valence-electron chi connectivity index (χ4n) is 1.77. The lowest BCUT2D eigenvalue weighted by Crippen LogP contribution is -2.34.